The Balaban J connectivity index is 2.04. The molecule has 0 saturated carbocycles. The first-order valence-corrected chi connectivity index (χ1v) is 8.09. The molecule has 0 aliphatic carbocycles. The van der Waals surface area contributed by atoms with Crippen molar-refractivity contribution in [3.8, 4) is 0 Å². The van der Waals surface area contributed by atoms with Crippen molar-refractivity contribution in [1.82, 2.24) is 0 Å². The molecule has 2 rings (SSSR count). The van der Waals surface area contributed by atoms with Crippen LogP contribution in [-0.4, -0.2) is 31.6 Å². The van der Waals surface area contributed by atoms with Crippen LogP contribution in [0.2, 0.25) is 0 Å². The molecule has 1 heterocycles. The summed E-state index contributed by atoms with van der Waals surface area (Å²) in [6, 6.07) is 7.17. The van der Waals surface area contributed by atoms with Crippen LogP contribution < -0.4 is 16.4 Å². The molecule has 6 nitrogen and oxygen atoms in total. The van der Waals surface area contributed by atoms with Gasteiger partial charge in [-0.15, -0.1) is 0 Å². The van der Waals surface area contributed by atoms with Crippen molar-refractivity contribution < 1.29 is 14.3 Å². The van der Waals surface area contributed by atoms with Gasteiger partial charge in [0.25, 0.3) is 0 Å². The predicted octanol–water partition coefficient (Wildman–Crippen LogP) is 2.12. The molecule has 0 aromatic heterocycles. The molecule has 1 aromatic carbocycles. The third-order valence-corrected chi connectivity index (χ3v) is 4.20. The Hall–Kier alpha value is -1.92. The van der Waals surface area contributed by atoms with E-state index in [1.807, 2.05) is 6.92 Å². The van der Waals surface area contributed by atoms with Gasteiger partial charge in [-0.1, -0.05) is 13.0 Å². The number of nitrogens with two attached hydrogens (primary N) is 1. The quantitative estimate of drug-likeness (QED) is 0.748. The maximum Gasteiger partial charge on any atom is 0.232 e. The number of hydrogen-bond acceptors (Lipinski definition) is 4. The average Bonchev–Trinajstić information content (AvgIpc) is 2.56. The maximum atomic E-state index is 12.6. The summed E-state index contributed by atoms with van der Waals surface area (Å²) in [7, 11) is 0. The first kappa shape index (κ1) is 17.4. The summed E-state index contributed by atoms with van der Waals surface area (Å²) in [4.78, 5) is 24.3. The van der Waals surface area contributed by atoms with E-state index in [1.165, 1.54) is 0 Å². The Morgan fingerprint density at radius 1 is 1.22 bits per heavy atom. The van der Waals surface area contributed by atoms with Gasteiger partial charge in [-0.25, -0.2) is 0 Å². The molecule has 1 saturated heterocycles. The molecule has 0 unspecified atom stereocenters. The number of nitrogens with one attached hydrogen (secondary N) is 2. The number of anilines is 2. The van der Waals surface area contributed by atoms with E-state index in [9.17, 15) is 9.59 Å². The summed E-state index contributed by atoms with van der Waals surface area (Å²) in [5.41, 5.74) is 6.61. The largest absolute Gasteiger partial charge is 0.381 e. The molecule has 2 amide bonds. The van der Waals surface area contributed by atoms with E-state index in [-0.39, 0.29) is 11.8 Å². The summed E-state index contributed by atoms with van der Waals surface area (Å²) >= 11 is 0. The van der Waals surface area contributed by atoms with Crippen LogP contribution in [0.4, 0.5) is 11.4 Å². The molecule has 0 bridgehead atoms. The Kier molecular flexibility index (Phi) is 6.12. The molecule has 0 atom stereocenters. The minimum Gasteiger partial charge on any atom is -0.381 e. The second-order valence-corrected chi connectivity index (χ2v) is 5.93. The van der Waals surface area contributed by atoms with E-state index < -0.39 is 5.41 Å². The van der Waals surface area contributed by atoms with Crippen LogP contribution in [0.1, 0.15) is 32.6 Å². The van der Waals surface area contributed by atoms with Gasteiger partial charge < -0.3 is 21.1 Å². The number of ether oxygens (including phenoxy) is 1. The minimum atomic E-state index is -0.570. The number of carbonyl (C=O) groups is 2. The lowest BCUT2D eigenvalue weighted by molar-refractivity contribution is -0.130. The van der Waals surface area contributed by atoms with Crippen LogP contribution in [-0.2, 0) is 14.3 Å². The molecule has 4 N–H and O–H groups in total. The molecule has 6 heteroatoms. The Labute approximate surface area is 136 Å². The van der Waals surface area contributed by atoms with E-state index in [0.29, 0.717) is 50.4 Å². The van der Waals surface area contributed by atoms with Crippen molar-refractivity contribution in [1.29, 1.82) is 0 Å². The Morgan fingerprint density at radius 3 is 2.48 bits per heavy atom. The fraction of sp³-hybridized carbons (Fsp3) is 0.529. The van der Waals surface area contributed by atoms with Gasteiger partial charge in [0.05, 0.1) is 5.41 Å². The van der Waals surface area contributed by atoms with Gasteiger partial charge in [-0.3, -0.25) is 9.59 Å². The van der Waals surface area contributed by atoms with E-state index in [4.69, 9.17) is 10.5 Å². The van der Waals surface area contributed by atoms with E-state index in [1.54, 1.807) is 24.3 Å². The van der Waals surface area contributed by atoms with Gasteiger partial charge in [-0.2, -0.15) is 0 Å². The lowest BCUT2D eigenvalue weighted by Gasteiger charge is -2.34. The highest BCUT2D eigenvalue weighted by Gasteiger charge is 2.38. The Bertz CT molecular complexity index is 554. The topological polar surface area (TPSA) is 93.5 Å². The summed E-state index contributed by atoms with van der Waals surface area (Å²) in [6.45, 7) is 3.36. The van der Waals surface area contributed by atoms with Gasteiger partial charge in [-0.05, 0) is 37.5 Å². The second-order valence-electron chi connectivity index (χ2n) is 5.93. The minimum absolute atomic E-state index is 0.0289. The van der Waals surface area contributed by atoms with Crippen molar-refractivity contribution in [3.05, 3.63) is 24.3 Å². The van der Waals surface area contributed by atoms with Crippen LogP contribution in [0.3, 0.4) is 0 Å². The fourth-order valence-corrected chi connectivity index (χ4v) is 2.67. The number of carbonyl (C=O) groups excluding carboxylic acids is 2. The summed E-state index contributed by atoms with van der Waals surface area (Å²) in [5, 5.41) is 5.75. The van der Waals surface area contributed by atoms with Crippen LogP contribution in [0, 0.1) is 5.41 Å². The van der Waals surface area contributed by atoms with Crippen LogP contribution >= 0.6 is 0 Å². The van der Waals surface area contributed by atoms with E-state index in [0.717, 1.165) is 6.42 Å². The normalized spacial score (nSPS) is 16.6. The molecule has 0 spiro atoms. The SMILES string of the molecule is CCCC(=O)Nc1cccc(NC(=O)C2(CN)CCOCC2)c1. The highest BCUT2D eigenvalue weighted by atomic mass is 16.5. The summed E-state index contributed by atoms with van der Waals surface area (Å²) in [5.74, 6) is -0.112. The van der Waals surface area contributed by atoms with Gasteiger partial charge in [0.2, 0.25) is 11.8 Å². The average molecular weight is 319 g/mol. The third kappa shape index (κ3) is 4.53. The lowest BCUT2D eigenvalue weighted by Crippen LogP contribution is -2.46. The van der Waals surface area contributed by atoms with Gasteiger partial charge in [0.1, 0.15) is 0 Å². The molecule has 126 valence electrons. The molecule has 23 heavy (non-hydrogen) atoms. The lowest BCUT2D eigenvalue weighted by atomic mass is 9.79. The monoisotopic (exact) mass is 319 g/mol. The molecule has 0 radical (unpaired) electrons. The maximum absolute atomic E-state index is 12.6. The second kappa shape index (κ2) is 8.08. The van der Waals surface area contributed by atoms with Crippen molar-refractivity contribution >= 4 is 23.2 Å². The number of hydrogen-bond donors (Lipinski definition) is 3. The summed E-state index contributed by atoms with van der Waals surface area (Å²) < 4.78 is 5.33. The zero-order valence-electron chi connectivity index (χ0n) is 13.6. The van der Waals surface area contributed by atoms with Crippen LogP contribution in [0.25, 0.3) is 0 Å². The van der Waals surface area contributed by atoms with Gasteiger partial charge in [0.15, 0.2) is 0 Å². The molecular weight excluding hydrogens is 294 g/mol. The van der Waals surface area contributed by atoms with Crippen molar-refractivity contribution in [3.63, 3.8) is 0 Å². The first-order chi connectivity index (χ1) is 11.1. The van der Waals surface area contributed by atoms with Crippen LogP contribution in [0.15, 0.2) is 24.3 Å². The van der Waals surface area contributed by atoms with Crippen molar-refractivity contribution in [2.45, 2.75) is 32.6 Å². The number of rotatable bonds is 6. The number of benzene rings is 1. The molecule has 1 fully saturated rings. The Morgan fingerprint density at radius 2 is 1.87 bits per heavy atom. The van der Waals surface area contributed by atoms with Crippen LogP contribution in [0.5, 0.6) is 0 Å². The third-order valence-electron chi connectivity index (χ3n) is 4.20. The van der Waals surface area contributed by atoms with E-state index >= 15 is 0 Å². The standard InChI is InChI=1S/C17H25N3O3/c1-2-4-15(21)19-13-5-3-6-14(11-13)20-16(22)17(12-18)7-9-23-10-8-17/h3,5-6,11H,2,4,7-10,12,18H2,1H3,(H,19,21)(H,20,22). The summed E-state index contributed by atoms with van der Waals surface area (Å²) in [6.07, 6.45) is 2.53. The molecule has 1 aliphatic heterocycles. The van der Waals surface area contributed by atoms with Gasteiger partial charge >= 0.3 is 0 Å². The van der Waals surface area contributed by atoms with Crippen molar-refractivity contribution in [2.24, 2.45) is 11.1 Å². The molecule has 1 aliphatic rings. The fourth-order valence-electron chi connectivity index (χ4n) is 2.67. The first-order valence-electron chi connectivity index (χ1n) is 8.09. The van der Waals surface area contributed by atoms with Crippen molar-refractivity contribution in [2.75, 3.05) is 30.4 Å². The predicted molar refractivity (Wildman–Crippen MR) is 90.1 cm³/mol. The highest BCUT2D eigenvalue weighted by Crippen LogP contribution is 2.31. The zero-order valence-corrected chi connectivity index (χ0v) is 13.6. The molecular formula is C17H25N3O3. The van der Waals surface area contributed by atoms with Gasteiger partial charge in [0, 0.05) is 37.6 Å². The van der Waals surface area contributed by atoms with E-state index in [2.05, 4.69) is 10.6 Å². The zero-order chi connectivity index (χ0) is 16.7. The smallest absolute Gasteiger partial charge is 0.232 e. The molecule has 1 aromatic rings. The number of amides is 2. The highest BCUT2D eigenvalue weighted by molar-refractivity contribution is 5.97.